The Balaban J connectivity index is 3.15. The first-order valence-corrected chi connectivity index (χ1v) is 8.86. The second-order valence-electron chi connectivity index (χ2n) is 3.08. The van der Waals surface area contributed by atoms with Gasteiger partial charge in [-0.25, -0.2) is 4.79 Å². The van der Waals surface area contributed by atoms with Crippen molar-refractivity contribution in [3.8, 4) is 5.75 Å². The third-order valence-electron chi connectivity index (χ3n) is 1.72. The molecule has 0 aromatic heterocycles. The lowest BCUT2D eigenvalue weighted by Crippen LogP contribution is -2.40. The molecule has 0 unspecified atom stereocenters. The van der Waals surface area contributed by atoms with Gasteiger partial charge in [0.2, 0.25) is 0 Å². The van der Waals surface area contributed by atoms with Gasteiger partial charge in [0, 0.05) is 3.57 Å². The fourth-order valence-corrected chi connectivity index (χ4v) is 4.94. The molecule has 0 saturated carbocycles. The Hall–Kier alpha value is 0.650. The number of rotatable bonds is 3. The molecule has 0 fully saturated rings. The molecule has 1 N–H and O–H groups in total. The first kappa shape index (κ1) is 17.7. The third-order valence-corrected chi connectivity index (χ3v) is 4.76. The maximum atomic E-state index is 13.0. The summed E-state index contributed by atoms with van der Waals surface area (Å²) in [6.07, 6.45) is 0. The predicted molar refractivity (Wildman–Crippen MR) is 86.7 cm³/mol. The zero-order valence-corrected chi connectivity index (χ0v) is 15.8. The van der Waals surface area contributed by atoms with Crippen LogP contribution in [0.1, 0.15) is 0 Å². The molecule has 11 heteroatoms. The van der Waals surface area contributed by atoms with Crippen molar-refractivity contribution in [1.29, 1.82) is 0 Å². The van der Waals surface area contributed by atoms with Gasteiger partial charge in [0.15, 0.2) is 5.75 Å². The Bertz CT molecular complexity index is 608. The molecule has 1 aromatic carbocycles. The van der Waals surface area contributed by atoms with E-state index in [1.165, 1.54) is 0 Å². The second kappa shape index (κ2) is 6.18. The van der Waals surface area contributed by atoms with Crippen LogP contribution in [0.5, 0.6) is 5.75 Å². The van der Waals surface area contributed by atoms with Gasteiger partial charge in [-0.15, -0.1) is 0 Å². The van der Waals surface area contributed by atoms with Crippen LogP contribution < -0.4 is 4.74 Å². The zero-order valence-electron chi connectivity index (χ0n) is 8.53. The minimum atomic E-state index is -5.87. The third kappa shape index (κ3) is 4.07. The summed E-state index contributed by atoms with van der Waals surface area (Å²) in [4.78, 5) is 11.2. The average Bonchev–Trinajstić information content (AvgIpc) is 2.21. The number of ether oxygens (including phenoxy) is 1. The Morgan fingerprint density at radius 3 is 2.00 bits per heavy atom. The Morgan fingerprint density at radius 2 is 1.63 bits per heavy atom. The van der Waals surface area contributed by atoms with Gasteiger partial charge in [0.25, 0.3) is 0 Å². The van der Waals surface area contributed by atoms with Gasteiger partial charge >= 0.3 is 21.3 Å². The van der Waals surface area contributed by atoms with Gasteiger partial charge in [0.05, 0.1) is 7.14 Å². The van der Waals surface area contributed by atoms with Gasteiger partial charge in [-0.1, -0.05) is 0 Å². The largest absolute Gasteiger partial charge is 0.466 e. The van der Waals surface area contributed by atoms with E-state index in [-0.39, 0.29) is 5.75 Å². The lowest BCUT2D eigenvalue weighted by atomic mass is 10.3. The first-order chi connectivity index (χ1) is 8.46. The molecule has 0 saturated heterocycles. The van der Waals surface area contributed by atoms with E-state index in [4.69, 9.17) is 4.55 Å². The maximum absolute atomic E-state index is 13.0. The van der Waals surface area contributed by atoms with Crippen LogP contribution in [0.3, 0.4) is 0 Å². The molecular formula is C8H3F2I3O5S. The molecule has 0 bridgehead atoms. The summed E-state index contributed by atoms with van der Waals surface area (Å²) in [5.74, 6) is -2.54. The van der Waals surface area contributed by atoms with Crippen LogP contribution in [0.15, 0.2) is 12.1 Å². The average molecular weight is 630 g/mol. The minimum Gasteiger partial charge on any atom is -0.419 e. The molecule has 0 heterocycles. The lowest BCUT2D eigenvalue weighted by molar-refractivity contribution is -0.151. The molecule has 0 radical (unpaired) electrons. The number of esters is 1. The number of carbonyl (C=O) groups excluding carboxylic acids is 1. The smallest absolute Gasteiger partial charge is 0.419 e. The van der Waals surface area contributed by atoms with E-state index < -0.39 is 21.3 Å². The highest BCUT2D eigenvalue weighted by atomic mass is 127. The van der Waals surface area contributed by atoms with E-state index in [0.717, 1.165) is 3.57 Å². The van der Waals surface area contributed by atoms with E-state index in [1.54, 1.807) is 57.3 Å². The SMILES string of the molecule is O=C(Oc1c(I)cc(I)cc1I)C(F)(F)S(=O)(=O)O. The highest BCUT2D eigenvalue weighted by Crippen LogP contribution is 2.32. The van der Waals surface area contributed by atoms with Crippen LogP contribution in [0, 0.1) is 10.7 Å². The monoisotopic (exact) mass is 630 g/mol. The van der Waals surface area contributed by atoms with Crippen molar-refractivity contribution >= 4 is 83.9 Å². The summed E-state index contributed by atoms with van der Waals surface area (Å²) in [7, 11) is -5.87. The zero-order chi connectivity index (χ0) is 15.0. The fraction of sp³-hybridized carbons (Fsp3) is 0.125. The number of alkyl halides is 2. The normalized spacial score (nSPS) is 12.3. The van der Waals surface area contributed by atoms with Gasteiger partial charge in [-0.05, 0) is 79.9 Å². The second-order valence-corrected chi connectivity index (χ2v) is 8.11. The molecule has 5 nitrogen and oxygen atoms in total. The summed E-state index contributed by atoms with van der Waals surface area (Å²) in [5.41, 5.74) is 0. The van der Waals surface area contributed by atoms with Crippen LogP contribution in [-0.2, 0) is 14.9 Å². The molecule has 19 heavy (non-hydrogen) atoms. The summed E-state index contributed by atoms with van der Waals surface area (Å²) in [6.45, 7) is 0. The van der Waals surface area contributed by atoms with E-state index in [9.17, 15) is 22.0 Å². The number of hydrogen-bond acceptors (Lipinski definition) is 4. The van der Waals surface area contributed by atoms with Crippen molar-refractivity contribution in [2.45, 2.75) is 5.25 Å². The molecule has 0 amide bonds. The summed E-state index contributed by atoms with van der Waals surface area (Å²) in [6, 6.07) is 3.11. The molecule has 1 aromatic rings. The van der Waals surface area contributed by atoms with Crippen molar-refractivity contribution in [3.05, 3.63) is 22.8 Å². The standard InChI is InChI=1S/C8H3F2I3O5S/c9-8(10,19(15,16)17)7(14)18-6-4(12)1-3(11)2-5(6)13/h1-2H,(H,15,16,17). The summed E-state index contributed by atoms with van der Waals surface area (Å²) < 4.78 is 61.0. The van der Waals surface area contributed by atoms with Crippen molar-refractivity contribution < 1.29 is 31.3 Å². The van der Waals surface area contributed by atoms with E-state index in [0.29, 0.717) is 7.14 Å². The summed E-state index contributed by atoms with van der Waals surface area (Å²) in [5, 5.41) is -5.01. The van der Waals surface area contributed by atoms with Crippen LogP contribution in [0.2, 0.25) is 0 Å². The topological polar surface area (TPSA) is 80.7 Å². The Kier molecular flexibility index (Phi) is 5.76. The Labute approximate surface area is 147 Å². The highest BCUT2D eigenvalue weighted by Gasteiger charge is 2.54. The number of hydrogen-bond donors (Lipinski definition) is 1. The van der Waals surface area contributed by atoms with Crippen molar-refractivity contribution in [2.24, 2.45) is 0 Å². The van der Waals surface area contributed by atoms with Crippen LogP contribution in [0.4, 0.5) is 8.78 Å². The molecular weight excluding hydrogens is 627 g/mol. The summed E-state index contributed by atoms with van der Waals surface area (Å²) >= 11 is 5.48. The lowest BCUT2D eigenvalue weighted by Gasteiger charge is -2.14. The van der Waals surface area contributed by atoms with Crippen LogP contribution in [0.25, 0.3) is 0 Å². The first-order valence-electron chi connectivity index (χ1n) is 4.18. The molecule has 0 atom stereocenters. The van der Waals surface area contributed by atoms with Crippen molar-refractivity contribution in [2.75, 3.05) is 0 Å². The van der Waals surface area contributed by atoms with Crippen molar-refractivity contribution in [3.63, 3.8) is 0 Å². The van der Waals surface area contributed by atoms with Crippen LogP contribution >= 0.6 is 67.8 Å². The molecule has 0 aliphatic heterocycles. The quantitative estimate of drug-likeness (QED) is 0.241. The van der Waals surface area contributed by atoms with Gasteiger partial charge in [-0.3, -0.25) is 4.55 Å². The van der Waals surface area contributed by atoms with Gasteiger partial charge < -0.3 is 4.74 Å². The predicted octanol–water partition coefficient (Wildman–Crippen LogP) is 2.89. The van der Waals surface area contributed by atoms with Crippen LogP contribution in [-0.4, -0.2) is 24.2 Å². The Morgan fingerprint density at radius 1 is 1.21 bits per heavy atom. The molecule has 0 spiro atoms. The minimum absolute atomic E-state index is 0.185. The van der Waals surface area contributed by atoms with E-state index in [1.807, 2.05) is 22.6 Å². The fourth-order valence-electron chi connectivity index (χ4n) is 0.884. The maximum Gasteiger partial charge on any atom is 0.466 e. The van der Waals surface area contributed by atoms with Gasteiger partial charge in [-0.2, -0.15) is 17.2 Å². The molecule has 0 aliphatic rings. The number of benzene rings is 1. The van der Waals surface area contributed by atoms with E-state index >= 15 is 0 Å². The molecule has 1 rings (SSSR count). The highest BCUT2D eigenvalue weighted by molar-refractivity contribution is 14.1. The van der Waals surface area contributed by atoms with Crippen molar-refractivity contribution in [1.82, 2.24) is 0 Å². The molecule has 106 valence electrons. The molecule has 0 aliphatic carbocycles. The van der Waals surface area contributed by atoms with Gasteiger partial charge in [0.1, 0.15) is 0 Å². The number of carbonyl (C=O) groups is 1. The number of halogens is 5. The van der Waals surface area contributed by atoms with E-state index in [2.05, 4.69) is 4.74 Å².